The molecule has 362 valence electrons. The lowest BCUT2D eigenvalue weighted by molar-refractivity contribution is -0.167. The highest BCUT2D eigenvalue weighted by atomic mass is 16.6. The number of hydrogen-bond donors (Lipinski definition) is 0. The van der Waals surface area contributed by atoms with Gasteiger partial charge in [-0.1, -0.05) is 216 Å². The van der Waals surface area contributed by atoms with E-state index in [4.69, 9.17) is 14.2 Å². The molecule has 0 amide bonds. The van der Waals surface area contributed by atoms with E-state index in [-0.39, 0.29) is 31.1 Å². The highest BCUT2D eigenvalue weighted by Gasteiger charge is 2.19. The molecular formula is C57H98O6. The minimum absolute atomic E-state index is 0.0864. The Kier molecular flexibility index (Phi) is 48.9. The number of ether oxygens (including phenoxy) is 3. The van der Waals surface area contributed by atoms with Crippen molar-refractivity contribution in [3.05, 3.63) is 72.9 Å². The van der Waals surface area contributed by atoms with Crippen molar-refractivity contribution in [3.63, 3.8) is 0 Å². The lowest BCUT2D eigenvalue weighted by atomic mass is 10.0. The minimum Gasteiger partial charge on any atom is -0.462 e. The molecule has 0 aromatic heterocycles. The van der Waals surface area contributed by atoms with Crippen LogP contribution >= 0.6 is 0 Å². The molecule has 0 aliphatic carbocycles. The summed E-state index contributed by atoms with van der Waals surface area (Å²) in [6.07, 6.45) is 65.0. The second-order valence-corrected chi connectivity index (χ2v) is 17.4. The largest absolute Gasteiger partial charge is 0.462 e. The molecule has 0 aromatic carbocycles. The molecule has 1 atom stereocenters. The SMILES string of the molecule is CC/C=C\C/C=C\C/C=C\C/C=C\CCCCCCC(=O)OC(COC(=O)CCCCCCC)COC(=O)CCCCCCCCCCCCC/C=C\C/C=C\CCCCCCC. The summed E-state index contributed by atoms with van der Waals surface area (Å²) in [7, 11) is 0. The maximum atomic E-state index is 12.7. The molecule has 0 aliphatic rings. The molecule has 0 rings (SSSR count). The third-order valence-electron chi connectivity index (χ3n) is 11.2. The Labute approximate surface area is 389 Å². The van der Waals surface area contributed by atoms with Crippen LogP contribution in [0.25, 0.3) is 0 Å². The number of esters is 3. The van der Waals surface area contributed by atoms with Gasteiger partial charge in [0.15, 0.2) is 6.10 Å². The number of carbonyl (C=O) groups is 3. The van der Waals surface area contributed by atoms with Crippen molar-refractivity contribution in [3.8, 4) is 0 Å². The quantitative estimate of drug-likeness (QED) is 0.0262. The van der Waals surface area contributed by atoms with Crippen LogP contribution in [-0.4, -0.2) is 37.2 Å². The Balaban J connectivity index is 4.16. The van der Waals surface area contributed by atoms with Crippen LogP contribution in [0.5, 0.6) is 0 Å². The number of hydrogen-bond acceptors (Lipinski definition) is 6. The molecule has 0 aliphatic heterocycles. The molecule has 6 nitrogen and oxygen atoms in total. The molecule has 0 N–H and O–H groups in total. The normalized spacial score (nSPS) is 12.6. The van der Waals surface area contributed by atoms with Gasteiger partial charge < -0.3 is 14.2 Å². The summed E-state index contributed by atoms with van der Waals surface area (Å²) in [6, 6.07) is 0. The van der Waals surface area contributed by atoms with Crippen LogP contribution in [0.3, 0.4) is 0 Å². The molecule has 0 heterocycles. The van der Waals surface area contributed by atoms with E-state index >= 15 is 0 Å². The molecule has 0 aromatic rings. The predicted octanol–water partition coefficient (Wildman–Crippen LogP) is 17.4. The summed E-state index contributed by atoms with van der Waals surface area (Å²) in [5.41, 5.74) is 0. The van der Waals surface area contributed by atoms with E-state index in [0.29, 0.717) is 19.3 Å². The van der Waals surface area contributed by atoms with E-state index in [0.717, 1.165) is 109 Å². The standard InChI is InChI=1S/C57H98O6/c1-4-7-10-13-15-17-19-21-23-25-26-27-28-29-30-32-33-35-37-39-41-44-47-50-56(59)62-53-54(52-61-55(58)49-46-43-12-9-6-3)63-57(60)51-48-45-42-40-38-36-34-31-24-22-20-18-16-14-11-8-5-2/h8,11,16,18-19,21-22,24-26,34,36,54H,4-7,9-10,12-15,17,20,23,27-33,35,37-53H2,1-3H3/b11-8-,18-16-,21-19-,24-22-,26-25-,36-34-. The van der Waals surface area contributed by atoms with Crippen LogP contribution in [0.1, 0.15) is 252 Å². The van der Waals surface area contributed by atoms with E-state index < -0.39 is 6.10 Å². The average Bonchev–Trinajstić information content (AvgIpc) is 3.28. The van der Waals surface area contributed by atoms with Crippen molar-refractivity contribution in [2.24, 2.45) is 0 Å². The average molecular weight is 879 g/mol. The summed E-state index contributed by atoms with van der Waals surface area (Å²) in [4.78, 5) is 37.7. The summed E-state index contributed by atoms with van der Waals surface area (Å²) >= 11 is 0. The van der Waals surface area contributed by atoms with Gasteiger partial charge in [0.25, 0.3) is 0 Å². The van der Waals surface area contributed by atoms with Crippen molar-refractivity contribution in [2.45, 2.75) is 258 Å². The molecule has 0 saturated carbocycles. The fourth-order valence-electron chi connectivity index (χ4n) is 7.23. The molecular weight excluding hydrogens is 781 g/mol. The first-order valence-electron chi connectivity index (χ1n) is 26.4. The monoisotopic (exact) mass is 879 g/mol. The van der Waals surface area contributed by atoms with Gasteiger partial charge in [0, 0.05) is 19.3 Å². The maximum absolute atomic E-state index is 12.7. The predicted molar refractivity (Wildman–Crippen MR) is 270 cm³/mol. The van der Waals surface area contributed by atoms with Crippen molar-refractivity contribution in [1.82, 2.24) is 0 Å². The van der Waals surface area contributed by atoms with E-state index in [1.807, 2.05) is 0 Å². The Morgan fingerprint density at radius 2 is 0.619 bits per heavy atom. The second-order valence-electron chi connectivity index (χ2n) is 17.4. The number of rotatable bonds is 47. The number of unbranched alkanes of at least 4 members (excludes halogenated alkanes) is 24. The van der Waals surface area contributed by atoms with Gasteiger partial charge in [-0.2, -0.15) is 0 Å². The first-order chi connectivity index (χ1) is 31.0. The summed E-state index contributed by atoms with van der Waals surface area (Å²) in [5, 5.41) is 0. The van der Waals surface area contributed by atoms with E-state index in [9.17, 15) is 14.4 Å². The number of carbonyl (C=O) groups excluding carboxylic acids is 3. The lowest BCUT2D eigenvalue weighted by Gasteiger charge is -2.18. The summed E-state index contributed by atoms with van der Waals surface area (Å²) in [6.45, 7) is 6.41. The highest BCUT2D eigenvalue weighted by molar-refractivity contribution is 5.71. The smallest absolute Gasteiger partial charge is 0.306 e. The van der Waals surface area contributed by atoms with E-state index in [1.165, 1.54) is 103 Å². The molecule has 6 heteroatoms. The molecule has 1 unspecified atom stereocenters. The third kappa shape index (κ3) is 49.7. The molecule has 0 bridgehead atoms. The topological polar surface area (TPSA) is 78.9 Å². The van der Waals surface area contributed by atoms with E-state index in [1.54, 1.807) is 0 Å². The van der Waals surface area contributed by atoms with Crippen LogP contribution in [0.4, 0.5) is 0 Å². The zero-order valence-corrected chi connectivity index (χ0v) is 41.3. The van der Waals surface area contributed by atoms with Crippen LogP contribution < -0.4 is 0 Å². The lowest BCUT2D eigenvalue weighted by Crippen LogP contribution is -2.30. The maximum Gasteiger partial charge on any atom is 0.306 e. The fourth-order valence-corrected chi connectivity index (χ4v) is 7.23. The summed E-state index contributed by atoms with van der Waals surface area (Å²) in [5.74, 6) is -0.925. The van der Waals surface area contributed by atoms with Gasteiger partial charge in [-0.15, -0.1) is 0 Å². The van der Waals surface area contributed by atoms with Gasteiger partial charge >= 0.3 is 17.9 Å². The van der Waals surface area contributed by atoms with Crippen molar-refractivity contribution < 1.29 is 28.6 Å². The van der Waals surface area contributed by atoms with Crippen LogP contribution in [0.2, 0.25) is 0 Å². The number of allylic oxidation sites excluding steroid dienone is 12. The van der Waals surface area contributed by atoms with Crippen molar-refractivity contribution >= 4 is 17.9 Å². The second kappa shape index (κ2) is 51.5. The Hall–Kier alpha value is -3.15. The van der Waals surface area contributed by atoms with Gasteiger partial charge in [-0.05, 0) is 89.9 Å². The molecule has 0 saturated heterocycles. The van der Waals surface area contributed by atoms with Crippen LogP contribution in [0.15, 0.2) is 72.9 Å². The Bertz CT molecular complexity index is 1190. The Morgan fingerprint density at radius 1 is 0.333 bits per heavy atom. The highest BCUT2D eigenvalue weighted by Crippen LogP contribution is 2.15. The van der Waals surface area contributed by atoms with Gasteiger partial charge in [0.05, 0.1) is 0 Å². The van der Waals surface area contributed by atoms with Gasteiger partial charge in [-0.3, -0.25) is 14.4 Å². The van der Waals surface area contributed by atoms with E-state index in [2.05, 4.69) is 93.7 Å². The van der Waals surface area contributed by atoms with Gasteiger partial charge in [-0.25, -0.2) is 0 Å². The molecule has 0 spiro atoms. The van der Waals surface area contributed by atoms with Gasteiger partial charge in [0.1, 0.15) is 13.2 Å². The first kappa shape index (κ1) is 59.9. The molecule has 0 fully saturated rings. The zero-order valence-electron chi connectivity index (χ0n) is 41.3. The minimum atomic E-state index is -0.785. The molecule has 0 radical (unpaired) electrons. The third-order valence-corrected chi connectivity index (χ3v) is 11.2. The zero-order chi connectivity index (χ0) is 45.8. The van der Waals surface area contributed by atoms with Crippen LogP contribution in [0, 0.1) is 0 Å². The van der Waals surface area contributed by atoms with Gasteiger partial charge in [0.2, 0.25) is 0 Å². The first-order valence-corrected chi connectivity index (χ1v) is 26.4. The fraction of sp³-hybridized carbons (Fsp3) is 0.737. The Morgan fingerprint density at radius 3 is 0.968 bits per heavy atom. The van der Waals surface area contributed by atoms with Crippen LogP contribution in [-0.2, 0) is 28.6 Å². The molecule has 63 heavy (non-hydrogen) atoms. The summed E-state index contributed by atoms with van der Waals surface area (Å²) < 4.78 is 16.7. The van der Waals surface area contributed by atoms with Crippen molar-refractivity contribution in [1.29, 1.82) is 0 Å². The van der Waals surface area contributed by atoms with Crippen molar-refractivity contribution in [2.75, 3.05) is 13.2 Å².